The van der Waals surface area contributed by atoms with Crippen molar-refractivity contribution in [3.05, 3.63) is 33.7 Å². The van der Waals surface area contributed by atoms with E-state index in [0.29, 0.717) is 18.5 Å². The van der Waals surface area contributed by atoms with Crippen molar-refractivity contribution in [2.24, 2.45) is 0 Å². The Labute approximate surface area is 122 Å². The third-order valence-electron chi connectivity index (χ3n) is 4.02. The first-order valence-electron chi connectivity index (χ1n) is 7.20. The second-order valence-electron chi connectivity index (χ2n) is 5.64. The van der Waals surface area contributed by atoms with Crippen LogP contribution in [0.3, 0.4) is 0 Å². The Morgan fingerprint density at radius 1 is 1.19 bits per heavy atom. The van der Waals surface area contributed by atoms with E-state index in [0.717, 1.165) is 25.7 Å². The number of aromatic nitrogens is 1. The lowest BCUT2D eigenvalue weighted by Crippen LogP contribution is -2.55. The molecule has 1 aliphatic rings. The highest BCUT2D eigenvalue weighted by atomic mass is 16.4. The zero-order chi connectivity index (χ0) is 15.5. The lowest BCUT2D eigenvalue weighted by Gasteiger charge is -2.29. The van der Waals surface area contributed by atoms with Gasteiger partial charge in [-0.15, -0.1) is 0 Å². The summed E-state index contributed by atoms with van der Waals surface area (Å²) in [6.07, 6.45) is 4.26. The molecule has 1 aliphatic carbocycles. The molecule has 3 N–H and O–H groups in total. The maximum atomic E-state index is 12.3. The number of carboxylic acid groups (broad SMARTS) is 1. The number of amides is 1. The maximum absolute atomic E-state index is 12.3. The van der Waals surface area contributed by atoms with Gasteiger partial charge in [0.1, 0.15) is 11.1 Å². The molecule has 1 amide bonds. The summed E-state index contributed by atoms with van der Waals surface area (Å²) in [5.74, 6) is -1.65. The average Bonchev–Trinajstić information content (AvgIpc) is 2.65. The van der Waals surface area contributed by atoms with Gasteiger partial charge in [-0.2, -0.15) is 0 Å². The second-order valence-corrected chi connectivity index (χ2v) is 5.64. The Balaban J connectivity index is 2.26. The summed E-state index contributed by atoms with van der Waals surface area (Å²) in [6.45, 7) is 1.72. The van der Waals surface area contributed by atoms with Crippen LogP contribution in [0.2, 0.25) is 0 Å². The van der Waals surface area contributed by atoms with Crippen LogP contribution in [0, 0.1) is 6.92 Å². The van der Waals surface area contributed by atoms with Gasteiger partial charge in [0, 0.05) is 5.69 Å². The maximum Gasteiger partial charge on any atom is 0.329 e. The molecule has 0 saturated heterocycles. The number of nitrogens with one attached hydrogen (secondary N) is 2. The van der Waals surface area contributed by atoms with Gasteiger partial charge in [0.15, 0.2) is 0 Å². The van der Waals surface area contributed by atoms with E-state index >= 15 is 0 Å². The number of aryl methyl sites for hydroxylation is 1. The lowest BCUT2D eigenvalue weighted by atomic mass is 9.90. The Morgan fingerprint density at radius 3 is 2.33 bits per heavy atom. The molecule has 1 saturated carbocycles. The fourth-order valence-corrected chi connectivity index (χ4v) is 2.76. The van der Waals surface area contributed by atoms with Gasteiger partial charge in [0.2, 0.25) is 0 Å². The standard InChI is InChI=1S/C15H20N2O4/c1-10-6-7-11(12(18)16-10)13(19)17-15(14(20)21)8-4-2-3-5-9-15/h6-7H,2-5,8-9H2,1H3,(H,16,18)(H,17,19)(H,20,21). The number of carbonyl (C=O) groups is 2. The highest BCUT2D eigenvalue weighted by Crippen LogP contribution is 2.27. The monoisotopic (exact) mass is 292 g/mol. The van der Waals surface area contributed by atoms with E-state index in [9.17, 15) is 19.5 Å². The molecule has 0 atom stereocenters. The smallest absolute Gasteiger partial charge is 0.329 e. The van der Waals surface area contributed by atoms with Gasteiger partial charge < -0.3 is 15.4 Å². The van der Waals surface area contributed by atoms with Gasteiger partial charge in [-0.3, -0.25) is 9.59 Å². The molecule has 0 spiro atoms. The zero-order valence-electron chi connectivity index (χ0n) is 12.1. The van der Waals surface area contributed by atoms with E-state index in [4.69, 9.17) is 0 Å². The Hall–Kier alpha value is -2.11. The van der Waals surface area contributed by atoms with Gasteiger partial charge >= 0.3 is 5.97 Å². The van der Waals surface area contributed by atoms with Gasteiger partial charge in [-0.05, 0) is 31.9 Å². The van der Waals surface area contributed by atoms with E-state index in [1.54, 1.807) is 13.0 Å². The molecule has 0 aromatic carbocycles. The third-order valence-corrected chi connectivity index (χ3v) is 4.02. The minimum Gasteiger partial charge on any atom is -0.480 e. The van der Waals surface area contributed by atoms with Gasteiger partial charge in [-0.25, -0.2) is 4.79 Å². The van der Waals surface area contributed by atoms with Crippen LogP contribution >= 0.6 is 0 Å². The summed E-state index contributed by atoms with van der Waals surface area (Å²) in [6, 6.07) is 3.05. The normalized spacial score (nSPS) is 17.8. The summed E-state index contributed by atoms with van der Waals surface area (Å²) in [4.78, 5) is 38.3. The first-order valence-corrected chi connectivity index (χ1v) is 7.20. The minimum absolute atomic E-state index is 0.0505. The van der Waals surface area contributed by atoms with Crippen LogP contribution in [0.5, 0.6) is 0 Å². The number of carbonyl (C=O) groups excluding carboxylic acids is 1. The third kappa shape index (κ3) is 3.32. The van der Waals surface area contributed by atoms with Crippen molar-refractivity contribution in [3.63, 3.8) is 0 Å². The molecule has 1 heterocycles. The molecule has 6 nitrogen and oxygen atoms in total. The van der Waals surface area contributed by atoms with Crippen LogP contribution in [0.4, 0.5) is 0 Å². The van der Waals surface area contributed by atoms with Crippen LogP contribution in [0.25, 0.3) is 0 Å². The first kappa shape index (κ1) is 15.3. The molecular weight excluding hydrogens is 272 g/mol. The molecule has 0 bridgehead atoms. The summed E-state index contributed by atoms with van der Waals surface area (Å²) < 4.78 is 0. The summed E-state index contributed by atoms with van der Waals surface area (Å²) in [5, 5.41) is 12.1. The highest BCUT2D eigenvalue weighted by Gasteiger charge is 2.40. The van der Waals surface area contributed by atoms with Crippen molar-refractivity contribution < 1.29 is 14.7 Å². The predicted octanol–water partition coefficient (Wildman–Crippen LogP) is 1.59. The number of carboxylic acids is 1. The predicted molar refractivity (Wildman–Crippen MR) is 77.3 cm³/mol. The van der Waals surface area contributed by atoms with E-state index in [-0.39, 0.29) is 5.56 Å². The number of hydrogen-bond donors (Lipinski definition) is 3. The van der Waals surface area contributed by atoms with Crippen molar-refractivity contribution in [2.75, 3.05) is 0 Å². The Bertz CT molecular complexity index is 598. The number of rotatable bonds is 3. The topological polar surface area (TPSA) is 99.3 Å². The van der Waals surface area contributed by atoms with Crippen LogP contribution in [0.15, 0.2) is 16.9 Å². The highest BCUT2D eigenvalue weighted by molar-refractivity contribution is 5.97. The molecule has 0 aliphatic heterocycles. The molecule has 6 heteroatoms. The van der Waals surface area contributed by atoms with Crippen LogP contribution in [-0.4, -0.2) is 27.5 Å². The first-order chi connectivity index (χ1) is 9.94. The van der Waals surface area contributed by atoms with Crippen molar-refractivity contribution >= 4 is 11.9 Å². The van der Waals surface area contributed by atoms with Crippen LogP contribution in [-0.2, 0) is 4.79 Å². The van der Waals surface area contributed by atoms with E-state index in [1.807, 2.05) is 0 Å². The molecule has 1 aromatic heterocycles. The van der Waals surface area contributed by atoms with Gasteiger partial charge in [-0.1, -0.05) is 25.7 Å². The molecule has 1 aromatic rings. The van der Waals surface area contributed by atoms with Crippen LogP contribution < -0.4 is 10.9 Å². The second kappa shape index (κ2) is 6.11. The Morgan fingerprint density at radius 2 is 1.81 bits per heavy atom. The number of aliphatic carboxylic acids is 1. The van der Waals surface area contributed by atoms with Crippen molar-refractivity contribution in [3.8, 4) is 0 Å². The number of aromatic amines is 1. The SMILES string of the molecule is Cc1ccc(C(=O)NC2(C(=O)O)CCCCCC2)c(=O)[nH]1. The Kier molecular flexibility index (Phi) is 4.45. The number of pyridine rings is 1. The zero-order valence-corrected chi connectivity index (χ0v) is 12.1. The molecular formula is C15H20N2O4. The minimum atomic E-state index is -1.26. The van der Waals surface area contributed by atoms with Crippen molar-refractivity contribution in [1.29, 1.82) is 0 Å². The van der Waals surface area contributed by atoms with E-state index < -0.39 is 23.0 Å². The summed E-state index contributed by atoms with van der Waals surface area (Å²) >= 11 is 0. The summed E-state index contributed by atoms with van der Waals surface area (Å²) in [7, 11) is 0. The van der Waals surface area contributed by atoms with Gasteiger partial charge in [0.25, 0.3) is 11.5 Å². The number of H-pyrrole nitrogens is 1. The molecule has 0 radical (unpaired) electrons. The molecule has 2 rings (SSSR count). The fraction of sp³-hybridized carbons (Fsp3) is 0.533. The lowest BCUT2D eigenvalue weighted by molar-refractivity contribution is -0.145. The van der Waals surface area contributed by atoms with Gasteiger partial charge in [0.05, 0.1) is 0 Å². The van der Waals surface area contributed by atoms with Crippen molar-refractivity contribution in [2.45, 2.75) is 51.0 Å². The quantitative estimate of drug-likeness (QED) is 0.737. The van der Waals surface area contributed by atoms with E-state index in [2.05, 4.69) is 10.3 Å². The summed E-state index contributed by atoms with van der Waals surface area (Å²) in [5.41, 5.74) is -1.16. The number of hydrogen-bond acceptors (Lipinski definition) is 3. The van der Waals surface area contributed by atoms with E-state index in [1.165, 1.54) is 6.07 Å². The molecule has 114 valence electrons. The van der Waals surface area contributed by atoms with Crippen LogP contribution in [0.1, 0.15) is 54.6 Å². The largest absolute Gasteiger partial charge is 0.480 e. The molecule has 1 fully saturated rings. The molecule has 0 unspecified atom stereocenters. The molecule has 21 heavy (non-hydrogen) atoms. The fourth-order valence-electron chi connectivity index (χ4n) is 2.76. The average molecular weight is 292 g/mol. The van der Waals surface area contributed by atoms with Crippen molar-refractivity contribution in [1.82, 2.24) is 10.3 Å².